The number of rotatable bonds is 3. The van der Waals surface area contributed by atoms with Gasteiger partial charge < -0.3 is 0 Å². The number of hydrogen-bond donors (Lipinski definition) is 0. The van der Waals surface area contributed by atoms with Crippen molar-refractivity contribution in [3.8, 4) is 0 Å². The van der Waals surface area contributed by atoms with E-state index in [-0.39, 0.29) is 0 Å². The molecule has 0 radical (unpaired) electrons. The van der Waals surface area contributed by atoms with E-state index in [0.717, 1.165) is 0 Å². The van der Waals surface area contributed by atoms with Crippen molar-refractivity contribution in [3.63, 3.8) is 0 Å². The zero-order valence-electron chi connectivity index (χ0n) is 3.83. The third-order valence-corrected chi connectivity index (χ3v) is 1.57. The van der Waals surface area contributed by atoms with Crippen LogP contribution in [0.25, 0.3) is 0 Å². The maximum atomic E-state index is 11.4. The molecule has 0 aliphatic rings. The van der Waals surface area contributed by atoms with Gasteiger partial charge >= 0.3 is 0 Å². The Labute approximate surface area is 50.0 Å². The van der Waals surface area contributed by atoms with Crippen molar-refractivity contribution < 1.29 is 8.78 Å². The summed E-state index contributed by atoms with van der Waals surface area (Å²) in [6.45, 7) is -1.14. The maximum absolute atomic E-state index is 11.4. The summed E-state index contributed by atoms with van der Waals surface area (Å²) < 4.78 is 22.8. The van der Waals surface area contributed by atoms with Crippen LogP contribution in [0.1, 0.15) is 0 Å². The molecule has 0 aromatic heterocycles. The number of alkyl halides is 3. The molecule has 0 unspecified atom stereocenters. The first-order chi connectivity index (χ1) is 3.35. The summed E-state index contributed by atoms with van der Waals surface area (Å²) in [5.41, 5.74) is 0. The van der Waals surface area contributed by atoms with E-state index in [1.54, 1.807) is 0 Å². The molecule has 0 amide bonds. The average molecular weight is 173 g/mol. The van der Waals surface area contributed by atoms with Crippen LogP contribution in [0, 0.1) is 5.92 Å². The van der Waals surface area contributed by atoms with Crippen LogP contribution in [-0.2, 0) is 0 Å². The predicted octanol–water partition coefficient (Wildman–Crippen LogP) is 1.94. The van der Waals surface area contributed by atoms with Gasteiger partial charge in [0.1, 0.15) is 0 Å². The lowest BCUT2D eigenvalue weighted by Crippen LogP contribution is -2.05. The Morgan fingerprint density at radius 3 is 1.71 bits per heavy atom. The molecule has 0 aliphatic carbocycles. The standard InChI is InChI=1S/C4H7BrF2/c5-1-4(2-6)3-7/h4H,1-3H2. The Morgan fingerprint density at radius 1 is 1.29 bits per heavy atom. The van der Waals surface area contributed by atoms with E-state index in [0.29, 0.717) is 5.33 Å². The van der Waals surface area contributed by atoms with Crippen LogP contribution < -0.4 is 0 Å². The quantitative estimate of drug-likeness (QED) is 0.572. The Morgan fingerprint density at radius 2 is 1.71 bits per heavy atom. The van der Waals surface area contributed by atoms with E-state index in [2.05, 4.69) is 15.9 Å². The third kappa shape index (κ3) is 2.97. The fourth-order valence-corrected chi connectivity index (χ4v) is 0.470. The first-order valence-corrected chi connectivity index (χ1v) is 3.15. The summed E-state index contributed by atoms with van der Waals surface area (Å²) in [6, 6.07) is 0. The Bertz CT molecular complexity index is 31.2. The molecule has 0 heterocycles. The van der Waals surface area contributed by atoms with E-state index >= 15 is 0 Å². The van der Waals surface area contributed by atoms with Crippen molar-refractivity contribution in [2.45, 2.75) is 0 Å². The SMILES string of the molecule is FCC(CF)CBr. The van der Waals surface area contributed by atoms with Crippen LogP contribution >= 0.6 is 15.9 Å². The molecule has 0 aromatic rings. The molecule has 0 saturated carbocycles. The minimum atomic E-state index is -0.568. The molecule has 44 valence electrons. The molecule has 0 spiro atoms. The zero-order chi connectivity index (χ0) is 5.70. The third-order valence-electron chi connectivity index (χ3n) is 0.655. The Balaban J connectivity index is 2.99. The fourth-order valence-electron chi connectivity index (χ4n) is 0.124. The minimum Gasteiger partial charge on any atom is -0.251 e. The second kappa shape index (κ2) is 4.50. The summed E-state index contributed by atoms with van der Waals surface area (Å²) >= 11 is 2.96. The molecule has 3 heteroatoms. The lowest BCUT2D eigenvalue weighted by atomic mass is 10.2. The summed E-state index contributed by atoms with van der Waals surface area (Å²) in [4.78, 5) is 0. The van der Waals surface area contributed by atoms with Gasteiger partial charge in [-0.25, -0.2) is 0 Å². The van der Waals surface area contributed by atoms with E-state index in [9.17, 15) is 8.78 Å². The molecular weight excluding hydrogens is 166 g/mol. The second-order valence-corrected chi connectivity index (χ2v) is 1.98. The molecule has 7 heavy (non-hydrogen) atoms. The molecule has 0 atom stereocenters. The topological polar surface area (TPSA) is 0 Å². The van der Waals surface area contributed by atoms with Crippen LogP contribution in [-0.4, -0.2) is 18.7 Å². The van der Waals surface area contributed by atoms with Gasteiger partial charge in [-0.2, -0.15) is 0 Å². The van der Waals surface area contributed by atoms with E-state index in [1.165, 1.54) is 0 Å². The summed E-state index contributed by atoms with van der Waals surface area (Å²) in [5.74, 6) is -0.431. The lowest BCUT2D eigenvalue weighted by Gasteiger charge is -1.98. The number of halogens is 3. The van der Waals surface area contributed by atoms with Gasteiger partial charge in [0.05, 0.1) is 13.3 Å². The summed E-state index contributed by atoms with van der Waals surface area (Å²) in [7, 11) is 0. The smallest absolute Gasteiger partial charge is 0.0955 e. The van der Waals surface area contributed by atoms with Crippen molar-refractivity contribution in [2.75, 3.05) is 18.7 Å². The molecule has 0 saturated heterocycles. The second-order valence-electron chi connectivity index (χ2n) is 1.33. The molecule has 0 aromatic carbocycles. The maximum Gasteiger partial charge on any atom is 0.0955 e. The molecular formula is C4H7BrF2. The lowest BCUT2D eigenvalue weighted by molar-refractivity contribution is 0.313. The Kier molecular flexibility index (Phi) is 4.72. The van der Waals surface area contributed by atoms with Crippen molar-refractivity contribution in [1.29, 1.82) is 0 Å². The van der Waals surface area contributed by atoms with Gasteiger partial charge in [0.2, 0.25) is 0 Å². The van der Waals surface area contributed by atoms with Gasteiger partial charge in [-0.1, -0.05) is 15.9 Å². The van der Waals surface area contributed by atoms with Crippen LogP contribution in [0.2, 0.25) is 0 Å². The highest BCUT2D eigenvalue weighted by Crippen LogP contribution is 2.01. The molecule has 0 fully saturated rings. The Hall–Kier alpha value is 0.340. The van der Waals surface area contributed by atoms with Crippen molar-refractivity contribution in [1.82, 2.24) is 0 Å². The van der Waals surface area contributed by atoms with Gasteiger partial charge in [0, 0.05) is 11.2 Å². The van der Waals surface area contributed by atoms with Crippen molar-refractivity contribution >= 4 is 15.9 Å². The van der Waals surface area contributed by atoms with E-state index in [1.807, 2.05) is 0 Å². The van der Waals surface area contributed by atoms with Crippen LogP contribution in [0.3, 0.4) is 0 Å². The molecule has 0 N–H and O–H groups in total. The van der Waals surface area contributed by atoms with Gasteiger partial charge in [-0.3, -0.25) is 8.78 Å². The van der Waals surface area contributed by atoms with Crippen LogP contribution in [0.15, 0.2) is 0 Å². The monoisotopic (exact) mass is 172 g/mol. The largest absolute Gasteiger partial charge is 0.251 e. The van der Waals surface area contributed by atoms with Gasteiger partial charge in [0.25, 0.3) is 0 Å². The highest BCUT2D eigenvalue weighted by molar-refractivity contribution is 9.09. The first kappa shape index (κ1) is 7.34. The van der Waals surface area contributed by atoms with Crippen LogP contribution in [0.5, 0.6) is 0 Å². The molecule has 0 nitrogen and oxygen atoms in total. The molecule has 0 aliphatic heterocycles. The fraction of sp³-hybridized carbons (Fsp3) is 1.00. The highest BCUT2D eigenvalue weighted by atomic mass is 79.9. The number of hydrogen-bond acceptors (Lipinski definition) is 0. The molecule has 0 rings (SSSR count). The predicted molar refractivity (Wildman–Crippen MR) is 29.2 cm³/mol. The normalized spacial score (nSPS) is 10.3. The van der Waals surface area contributed by atoms with Crippen molar-refractivity contribution in [2.24, 2.45) is 5.92 Å². The summed E-state index contributed by atoms with van der Waals surface area (Å²) in [6.07, 6.45) is 0. The average Bonchev–Trinajstić information content (AvgIpc) is 1.72. The summed E-state index contributed by atoms with van der Waals surface area (Å²) in [5, 5.41) is 0.417. The van der Waals surface area contributed by atoms with Gasteiger partial charge in [-0.15, -0.1) is 0 Å². The highest BCUT2D eigenvalue weighted by Gasteiger charge is 2.02. The van der Waals surface area contributed by atoms with E-state index in [4.69, 9.17) is 0 Å². The van der Waals surface area contributed by atoms with Gasteiger partial charge in [0.15, 0.2) is 0 Å². The first-order valence-electron chi connectivity index (χ1n) is 2.03. The molecule has 0 bridgehead atoms. The zero-order valence-corrected chi connectivity index (χ0v) is 5.42. The minimum absolute atomic E-state index is 0.417. The van der Waals surface area contributed by atoms with Crippen LogP contribution in [0.4, 0.5) is 8.78 Å². The van der Waals surface area contributed by atoms with E-state index < -0.39 is 19.3 Å². The van der Waals surface area contributed by atoms with Crippen molar-refractivity contribution in [3.05, 3.63) is 0 Å². The van der Waals surface area contributed by atoms with Gasteiger partial charge in [-0.05, 0) is 0 Å².